The second kappa shape index (κ2) is 33.0. The van der Waals surface area contributed by atoms with Gasteiger partial charge in [-0.2, -0.15) is 0 Å². The molecule has 6 nitrogen and oxygen atoms in total. The average Bonchev–Trinajstić information content (AvgIpc) is 2.99. The molecule has 7 heteroatoms. The number of unbranched alkanes of at least 4 members (excludes halogenated alkanes) is 15. The van der Waals surface area contributed by atoms with Crippen LogP contribution < -0.4 is 0 Å². The number of carbonyl (C=O) groups excluding carboxylic acids is 2. The number of halogens is 1. The van der Waals surface area contributed by atoms with Crippen molar-refractivity contribution in [3.8, 4) is 0 Å². The molecule has 256 valence electrons. The van der Waals surface area contributed by atoms with Crippen LogP contribution in [0.25, 0.3) is 0 Å². The number of alkyl halides is 1. The van der Waals surface area contributed by atoms with Gasteiger partial charge in [-0.1, -0.05) is 113 Å². The smallest absolute Gasteiger partial charge is 0.306 e. The minimum absolute atomic E-state index is 0.00402. The van der Waals surface area contributed by atoms with Crippen LogP contribution in [0.2, 0.25) is 0 Å². The molecule has 0 aromatic carbocycles. The predicted octanol–water partition coefficient (Wildman–Crippen LogP) is 9.49. The fraction of sp³-hybridized carbons (Fsp3) is 0.944. The SMILES string of the molecule is CCCCCCCCN(C)C(=O)CCCCCN(CCO)CCCCCCCC(=O)OC(CCCCC)CCCCCI. The van der Waals surface area contributed by atoms with Crippen LogP contribution in [-0.4, -0.2) is 77.1 Å². The summed E-state index contributed by atoms with van der Waals surface area (Å²) in [7, 11) is 1.95. The molecule has 0 radical (unpaired) electrons. The molecule has 0 saturated carbocycles. The Labute approximate surface area is 281 Å². The normalized spacial score (nSPS) is 12.1. The molecule has 0 aliphatic heterocycles. The van der Waals surface area contributed by atoms with Gasteiger partial charge in [-0.25, -0.2) is 0 Å². The first kappa shape index (κ1) is 42.6. The Bertz CT molecular complexity index is 622. The van der Waals surface area contributed by atoms with Crippen molar-refractivity contribution >= 4 is 34.5 Å². The van der Waals surface area contributed by atoms with Gasteiger partial charge in [0, 0.05) is 33.0 Å². The Hall–Kier alpha value is -0.410. The van der Waals surface area contributed by atoms with Gasteiger partial charge in [0.1, 0.15) is 6.10 Å². The lowest BCUT2D eigenvalue weighted by Crippen LogP contribution is -2.29. The maximum Gasteiger partial charge on any atom is 0.306 e. The molecular weight excluding hydrogens is 651 g/mol. The summed E-state index contributed by atoms with van der Waals surface area (Å²) < 4.78 is 7.09. The Morgan fingerprint density at radius 1 is 0.628 bits per heavy atom. The number of nitrogens with zero attached hydrogens (tertiary/aromatic N) is 2. The molecular formula is C36H71IN2O4. The summed E-state index contributed by atoms with van der Waals surface area (Å²) in [5, 5.41) is 9.49. The molecule has 0 bridgehead atoms. The second-order valence-electron chi connectivity index (χ2n) is 12.6. The lowest BCUT2D eigenvalue weighted by atomic mass is 10.0. The number of aliphatic hydroxyl groups is 1. The monoisotopic (exact) mass is 722 g/mol. The molecule has 0 aliphatic rings. The molecule has 0 heterocycles. The minimum atomic E-state index is -0.00402. The molecule has 0 aromatic heterocycles. The van der Waals surface area contributed by atoms with Crippen molar-refractivity contribution in [1.29, 1.82) is 0 Å². The van der Waals surface area contributed by atoms with Crippen LogP contribution >= 0.6 is 22.6 Å². The first-order valence-corrected chi connectivity index (χ1v) is 19.8. The van der Waals surface area contributed by atoms with E-state index in [0.717, 1.165) is 110 Å². The van der Waals surface area contributed by atoms with Crippen molar-refractivity contribution in [3.05, 3.63) is 0 Å². The second-order valence-corrected chi connectivity index (χ2v) is 13.7. The van der Waals surface area contributed by atoms with E-state index < -0.39 is 0 Å². The highest BCUT2D eigenvalue weighted by Crippen LogP contribution is 2.17. The standard InChI is InChI=1S/C36H71IN2O4/c1-4-6-8-9-12-21-29-38(3)35(41)26-18-15-23-31-39(32-33-40)30-22-13-10-11-19-27-36(42)43-34(24-16-7-5-2)25-17-14-20-28-37/h34,40H,4-33H2,1-3H3. The van der Waals surface area contributed by atoms with Gasteiger partial charge >= 0.3 is 5.97 Å². The lowest BCUT2D eigenvalue weighted by Gasteiger charge is -2.21. The van der Waals surface area contributed by atoms with Gasteiger partial charge in [-0.05, 0) is 81.7 Å². The van der Waals surface area contributed by atoms with Crippen molar-refractivity contribution in [2.75, 3.05) is 44.3 Å². The number of carbonyl (C=O) groups is 2. The number of aliphatic hydroxyl groups excluding tert-OH is 1. The zero-order valence-corrected chi connectivity index (χ0v) is 30.9. The maximum atomic E-state index is 12.5. The number of amides is 1. The summed E-state index contributed by atoms with van der Waals surface area (Å²) in [5.74, 6) is 0.277. The maximum absolute atomic E-state index is 12.5. The number of hydrogen-bond acceptors (Lipinski definition) is 5. The van der Waals surface area contributed by atoms with Crippen LogP contribution in [0.4, 0.5) is 0 Å². The number of rotatable bonds is 33. The summed E-state index contributed by atoms with van der Waals surface area (Å²) in [6, 6.07) is 0. The van der Waals surface area contributed by atoms with Gasteiger partial charge in [0.25, 0.3) is 0 Å². The predicted molar refractivity (Wildman–Crippen MR) is 192 cm³/mol. The zero-order valence-electron chi connectivity index (χ0n) is 28.7. The van der Waals surface area contributed by atoms with Crippen LogP contribution in [0.3, 0.4) is 0 Å². The van der Waals surface area contributed by atoms with Gasteiger partial charge in [0.05, 0.1) is 6.61 Å². The largest absolute Gasteiger partial charge is 0.462 e. The molecule has 1 atom stereocenters. The van der Waals surface area contributed by atoms with E-state index in [1.807, 2.05) is 11.9 Å². The third-order valence-electron chi connectivity index (χ3n) is 8.50. The van der Waals surface area contributed by atoms with E-state index in [9.17, 15) is 14.7 Å². The van der Waals surface area contributed by atoms with Crippen LogP contribution in [0.5, 0.6) is 0 Å². The Morgan fingerprint density at radius 3 is 1.74 bits per heavy atom. The van der Waals surface area contributed by atoms with E-state index in [4.69, 9.17) is 4.74 Å². The van der Waals surface area contributed by atoms with Gasteiger partial charge < -0.3 is 19.6 Å². The molecule has 1 amide bonds. The Balaban J connectivity index is 3.95. The van der Waals surface area contributed by atoms with Gasteiger partial charge in [0.15, 0.2) is 0 Å². The Morgan fingerprint density at radius 2 is 1.12 bits per heavy atom. The highest BCUT2D eigenvalue weighted by molar-refractivity contribution is 14.1. The number of hydrogen-bond donors (Lipinski definition) is 1. The fourth-order valence-electron chi connectivity index (χ4n) is 5.62. The molecule has 43 heavy (non-hydrogen) atoms. The van der Waals surface area contributed by atoms with E-state index >= 15 is 0 Å². The summed E-state index contributed by atoms with van der Waals surface area (Å²) in [5.41, 5.74) is 0. The van der Waals surface area contributed by atoms with Crippen molar-refractivity contribution in [2.45, 2.75) is 174 Å². The zero-order chi connectivity index (χ0) is 31.8. The summed E-state index contributed by atoms with van der Waals surface area (Å²) >= 11 is 2.43. The van der Waals surface area contributed by atoms with Gasteiger partial charge in [-0.15, -0.1) is 0 Å². The molecule has 0 fully saturated rings. The third-order valence-corrected chi connectivity index (χ3v) is 9.26. The van der Waals surface area contributed by atoms with Gasteiger partial charge in [0.2, 0.25) is 5.91 Å². The molecule has 0 spiro atoms. The molecule has 0 aliphatic carbocycles. The third kappa shape index (κ3) is 28.8. The van der Waals surface area contributed by atoms with E-state index in [1.54, 1.807) is 0 Å². The van der Waals surface area contributed by atoms with E-state index in [2.05, 4.69) is 41.3 Å². The highest BCUT2D eigenvalue weighted by atomic mass is 127. The van der Waals surface area contributed by atoms with Crippen molar-refractivity contribution in [1.82, 2.24) is 9.80 Å². The van der Waals surface area contributed by atoms with Crippen LogP contribution in [0, 0.1) is 0 Å². The number of ether oxygens (including phenoxy) is 1. The minimum Gasteiger partial charge on any atom is -0.462 e. The number of esters is 1. The molecule has 0 saturated heterocycles. The summed E-state index contributed by atoms with van der Waals surface area (Å²) in [6.45, 7) is 8.27. The van der Waals surface area contributed by atoms with Gasteiger partial charge in [-0.3, -0.25) is 9.59 Å². The topological polar surface area (TPSA) is 70.1 Å². The first-order valence-electron chi connectivity index (χ1n) is 18.3. The van der Waals surface area contributed by atoms with E-state index in [0.29, 0.717) is 12.8 Å². The lowest BCUT2D eigenvalue weighted by molar-refractivity contribution is -0.150. The van der Waals surface area contributed by atoms with Crippen molar-refractivity contribution in [3.63, 3.8) is 0 Å². The van der Waals surface area contributed by atoms with Crippen LogP contribution in [0.1, 0.15) is 168 Å². The summed E-state index contributed by atoms with van der Waals surface area (Å²) in [4.78, 5) is 29.1. The van der Waals surface area contributed by atoms with E-state index in [1.165, 1.54) is 62.2 Å². The van der Waals surface area contributed by atoms with Crippen molar-refractivity contribution < 1.29 is 19.4 Å². The fourth-order valence-corrected chi connectivity index (χ4v) is 6.16. The summed E-state index contributed by atoms with van der Waals surface area (Å²) in [6.07, 6.45) is 26.6. The van der Waals surface area contributed by atoms with Crippen LogP contribution in [0.15, 0.2) is 0 Å². The Kier molecular flexibility index (Phi) is 32.7. The molecule has 1 unspecified atom stereocenters. The average molecular weight is 723 g/mol. The highest BCUT2D eigenvalue weighted by Gasteiger charge is 2.14. The first-order chi connectivity index (χ1) is 21.0. The van der Waals surface area contributed by atoms with E-state index in [-0.39, 0.29) is 24.6 Å². The molecule has 1 N–H and O–H groups in total. The van der Waals surface area contributed by atoms with Crippen LogP contribution in [-0.2, 0) is 14.3 Å². The molecule has 0 aromatic rings. The quantitative estimate of drug-likeness (QED) is 0.0317. The molecule has 0 rings (SSSR count). The van der Waals surface area contributed by atoms with Crippen molar-refractivity contribution in [2.24, 2.45) is 0 Å².